The molecule has 0 spiro atoms. The number of benzene rings is 1. The molecule has 2 aliphatic heterocycles. The number of morpholine rings is 1. The van der Waals surface area contributed by atoms with Gasteiger partial charge in [-0.15, -0.1) is 10.2 Å². The molecule has 2 amide bonds. The number of rotatable bonds is 2. The Hall–Kier alpha value is -2.45. The first-order valence-electron chi connectivity index (χ1n) is 8.58. The predicted octanol–water partition coefficient (Wildman–Crippen LogP) is 0.594. The highest BCUT2D eigenvalue weighted by Gasteiger charge is 2.29. The average Bonchev–Trinajstić information content (AvgIpc) is 3.11. The van der Waals surface area contributed by atoms with E-state index in [1.807, 2.05) is 44.7 Å². The fourth-order valence-electron chi connectivity index (χ4n) is 3.34. The lowest BCUT2D eigenvalue weighted by molar-refractivity contribution is 0.0407. The minimum atomic E-state index is -0.316. The zero-order chi connectivity index (χ0) is 17.2. The van der Waals surface area contributed by atoms with Crippen molar-refractivity contribution < 1.29 is 9.53 Å². The Kier molecular flexibility index (Phi) is 4.37. The van der Waals surface area contributed by atoms with Crippen molar-refractivity contribution in [1.29, 1.82) is 0 Å². The van der Waals surface area contributed by atoms with Gasteiger partial charge in [-0.3, -0.25) is 0 Å². The highest BCUT2D eigenvalue weighted by Crippen LogP contribution is 2.22. The number of nitrogens with zero attached hydrogens (tertiary/aromatic N) is 5. The molecule has 2 N–H and O–H groups in total. The number of carbonyl (C=O) groups excluding carboxylic acids is 1. The topological polar surface area (TPSA) is 89.5 Å². The molecule has 1 aromatic carbocycles. The van der Waals surface area contributed by atoms with Gasteiger partial charge in [0.2, 0.25) is 0 Å². The molecule has 1 fully saturated rings. The van der Waals surface area contributed by atoms with E-state index in [9.17, 15) is 4.79 Å². The molecule has 25 heavy (non-hydrogen) atoms. The van der Waals surface area contributed by atoms with Gasteiger partial charge in [-0.2, -0.15) is 0 Å². The van der Waals surface area contributed by atoms with Gasteiger partial charge in [-0.05, 0) is 5.56 Å². The lowest BCUT2D eigenvalue weighted by Gasteiger charge is -2.35. The molecule has 1 aromatic heterocycles. The maximum absolute atomic E-state index is 12.6. The molecule has 0 saturated carbocycles. The third kappa shape index (κ3) is 3.10. The summed E-state index contributed by atoms with van der Waals surface area (Å²) < 4.78 is 7.35. The first-order valence-corrected chi connectivity index (χ1v) is 8.58. The van der Waals surface area contributed by atoms with Crippen LogP contribution >= 0.6 is 0 Å². The van der Waals surface area contributed by atoms with Crippen LogP contribution in [0.15, 0.2) is 30.3 Å². The molecule has 2 aliphatic rings. The molecule has 1 saturated heterocycles. The van der Waals surface area contributed by atoms with Crippen LogP contribution in [0.4, 0.5) is 4.79 Å². The van der Waals surface area contributed by atoms with E-state index in [4.69, 9.17) is 10.5 Å². The Morgan fingerprint density at radius 2 is 1.80 bits per heavy atom. The second-order valence-electron chi connectivity index (χ2n) is 6.32. The molecular formula is C17H22N6O2. The van der Waals surface area contributed by atoms with Crippen molar-refractivity contribution in [1.82, 2.24) is 24.6 Å². The summed E-state index contributed by atoms with van der Waals surface area (Å²) >= 11 is 0. The van der Waals surface area contributed by atoms with Gasteiger partial charge in [0, 0.05) is 26.2 Å². The number of aromatic nitrogens is 3. The van der Waals surface area contributed by atoms with Crippen LogP contribution in [0.2, 0.25) is 0 Å². The van der Waals surface area contributed by atoms with Crippen molar-refractivity contribution in [2.45, 2.75) is 19.1 Å². The second-order valence-corrected chi connectivity index (χ2v) is 6.32. The van der Waals surface area contributed by atoms with Gasteiger partial charge in [0.25, 0.3) is 0 Å². The Bertz CT molecular complexity index is 741. The van der Waals surface area contributed by atoms with E-state index in [1.54, 1.807) is 0 Å². The third-order valence-corrected chi connectivity index (χ3v) is 4.77. The summed E-state index contributed by atoms with van der Waals surface area (Å²) in [6, 6.07) is 9.60. The molecule has 1 unspecified atom stereocenters. The second kappa shape index (κ2) is 6.81. The number of carbonyl (C=O) groups is 1. The molecule has 0 radical (unpaired) electrons. The quantitative estimate of drug-likeness (QED) is 0.863. The van der Waals surface area contributed by atoms with Gasteiger partial charge < -0.3 is 24.8 Å². The van der Waals surface area contributed by atoms with Crippen molar-refractivity contribution in [3.63, 3.8) is 0 Å². The normalized spacial score (nSPS) is 18.8. The molecule has 1 atom stereocenters. The zero-order valence-corrected chi connectivity index (χ0v) is 14.0. The van der Waals surface area contributed by atoms with Gasteiger partial charge in [0.05, 0.1) is 25.8 Å². The molecule has 132 valence electrons. The van der Waals surface area contributed by atoms with Gasteiger partial charge in [0.15, 0.2) is 11.6 Å². The van der Waals surface area contributed by atoms with Crippen molar-refractivity contribution >= 4 is 6.03 Å². The van der Waals surface area contributed by atoms with E-state index in [0.717, 1.165) is 17.2 Å². The Morgan fingerprint density at radius 1 is 1.04 bits per heavy atom. The standard InChI is InChI=1S/C17H22N6O2/c18-15(13-4-2-1-3-5-13)16-20-19-14-12-22(6-7-23(14)16)17(24)21-8-10-25-11-9-21/h1-5,15H,6-12,18H2. The van der Waals surface area contributed by atoms with Gasteiger partial charge >= 0.3 is 6.03 Å². The summed E-state index contributed by atoms with van der Waals surface area (Å²) in [5, 5.41) is 8.57. The van der Waals surface area contributed by atoms with Crippen LogP contribution in [0.25, 0.3) is 0 Å². The van der Waals surface area contributed by atoms with Gasteiger partial charge in [0.1, 0.15) is 0 Å². The fourth-order valence-corrected chi connectivity index (χ4v) is 3.34. The maximum Gasteiger partial charge on any atom is 0.320 e. The predicted molar refractivity (Wildman–Crippen MR) is 90.7 cm³/mol. The molecule has 2 aromatic rings. The first-order chi connectivity index (χ1) is 12.2. The van der Waals surface area contributed by atoms with Gasteiger partial charge in [-0.1, -0.05) is 30.3 Å². The summed E-state index contributed by atoms with van der Waals surface area (Å²) in [4.78, 5) is 16.3. The summed E-state index contributed by atoms with van der Waals surface area (Å²) in [5.41, 5.74) is 7.37. The molecule has 3 heterocycles. The highest BCUT2D eigenvalue weighted by atomic mass is 16.5. The lowest BCUT2D eigenvalue weighted by atomic mass is 10.1. The highest BCUT2D eigenvalue weighted by molar-refractivity contribution is 5.74. The van der Waals surface area contributed by atoms with Crippen molar-refractivity contribution in [3.8, 4) is 0 Å². The van der Waals surface area contributed by atoms with Crippen molar-refractivity contribution in [2.75, 3.05) is 32.8 Å². The van der Waals surface area contributed by atoms with E-state index >= 15 is 0 Å². The smallest absolute Gasteiger partial charge is 0.320 e. The van der Waals surface area contributed by atoms with E-state index < -0.39 is 0 Å². The molecule has 4 rings (SSSR count). The number of amides is 2. The zero-order valence-electron chi connectivity index (χ0n) is 14.0. The number of urea groups is 1. The largest absolute Gasteiger partial charge is 0.378 e. The summed E-state index contributed by atoms with van der Waals surface area (Å²) in [6.07, 6.45) is 0. The lowest BCUT2D eigenvalue weighted by Crippen LogP contribution is -2.50. The van der Waals surface area contributed by atoms with Crippen molar-refractivity contribution in [3.05, 3.63) is 47.5 Å². The van der Waals surface area contributed by atoms with Crippen LogP contribution in [-0.2, 0) is 17.8 Å². The Balaban J connectivity index is 1.50. The van der Waals surface area contributed by atoms with Crippen LogP contribution in [0, 0.1) is 0 Å². The first kappa shape index (κ1) is 16.0. The number of hydrogen-bond donors (Lipinski definition) is 1. The summed E-state index contributed by atoms with van der Waals surface area (Å²) in [6.45, 7) is 4.25. The Labute approximate surface area is 146 Å². The minimum Gasteiger partial charge on any atom is -0.378 e. The maximum atomic E-state index is 12.6. The van der Waals surface area contributed by atoms with Crippen LogP contribution < -0.4 is 5.73 Å². The molecule has 0 aliphatic carbocycles. The summed E-state index contributed by atoms with van der Waals surface area (Å²) in [5.74, 6) is 1.54. The minimum absolute atomic E-state index is 0.0476. The number of ether oxygens (including phenoxy) is 1. The fraction of sp³-hybridized carbons (Fsp3) is 0.471. The molecule has 0 bridgehead atoms. The summed E-state index contributed by atoms with van der Waals surface area (Å²) in [7, 11) is 0. The number of fused-ring (bicyclic) bond motifs is 1. The number of hydrogen-bond acceptors (Lipinski definition) is 5. The van der Waals surface area contributed by atoms with E-state index in [0.29, 0.717) is 45.9 Å². The van der Waals surface area contributed by atoms with Crippen LogP contribution in [0.3, 0.4) is 0 Å². The average molecular weight is 342 g/mol. The Morgan fingerprint density at radius 3 is 2.56 bits per heavy atom. The van der Waals surface area contributed by atoms with E-state index in [1.165, 1.54) is 0 Å². The van der Waals surface area contributed by atoms with Crippen LogP contribution in [-0.4, -0.2) is 63.4 Å². The molecular weight excluding hydrogens is 320 g/mol. The molecule has 8 nitrogen and oxygen atoms in total. The monoisotopic (exact) mass is 342 g/mol. The third-order valence-electron chi connectivity index (χ3n) is 4.77. The van der Waals surface area contributed by atoms with E-state index in [-0.39, 0.29) is 12.1 Å². The van der Waals surface area contributed by atoms with Crippen LogP contribution in [0.1, 0.15) is 23.3 Å². The number of nitrogens with two attached hydrogens (primary N) is 1. The van der Waals surface area contributed by atoms with E-state index in [2.05, 4.69) is 10.2 Å². The molecule has 8 heteroatoms. The SMILES string of the molecule is NC(c1ccccc1)c1nnc2n1CCN(C(=O)N1CCOCC1)C2. The van der Waals surface area contributed by atoms with Gasteiger partial charge in [-0.25, -0.2) is 4.79 Å². The van der Waals surface area contributed by atoms with Crippen LogP contribution in [0.5, 0.6) is 0 Å². The van der Waals surface area contributed by atoms with Crippen molar-refractivity contribution in [2.24, 2.45) is 5.73 Å².